The van der Waals surface area contributed by atoms with Crippen molar-refractivity contribution in [2.45, 2.75) is 122 Å². The molecular weight excluding hydrogens is 324 g/mol. The Hall–Kier alpha value is -1.06. The lowest BCUT2D eigenvalue weighted by Gasteiger charge is -2.15. The van der Waals surface area contributed by atoms with Crippen LogP contribution in [0.15, 0.2) is 0 Å². The van der Waals surface area contributed by atoms with Crippen molar-refractivity contribution in [3.63, 3.8) is 0 Å². The van der Waals surface area contributed by atoms with Gasteiger partial charge in [-0.25, -0.2) is 0 Å². The van der Waals surface area contributed by atoms with E-state index < -0.39 is 0 Å². The van der Waals surface area contributed by atoms with Gasteiger partial charge in [-0.2, -0.15) is 0 Å². The summed E-state index contributed by atoms with van der Waals surface area (Å²) in [6.45, 7) is 3.01. The van der Waals surface area contributed by atoms with Gasteiger partial charge in [-0.05, 0) is 19.3 Å². The molecule has 1 saturated heterocycles. The van der Waals surface area contributed by atoms with Crippen molar-refractivity contribution >= 4 is 11.8 Å². The van der Waals surface area contributed by atoms with Crippen LogP contribution >= 0.6 is 0 Å². The maximum absolute atomic E-state index is 12.0. The van der Waals surface area contributed by atoms with E-state index >= 15 is 0 Å². The minimum Gasteiger partial charge on any atom is -0.356 e. The maximum atomic E-state index is 12.0. The van der Waals surface area contributed by atoms with Gasteiger partial charge >= 0.3 is 0 Å². The summed E-state index contributed by atoms with van der Waals surface area (Å²) in [6, 6.07) is 0.0342. The van der Waals surface area contributed by atoms with E-state index in [1.54, 1.807) is 0 Å². The van der Waals surface area contributed by atoms with E-state index in [1.807, 2.05) is 0 Å². The Morgan fingerprint density at radius 3 is 2.04 bits per heavy atom. The molecule has 0 aromatic carbocycles. The average molecular weight is 367 g/mol. The first kappa shape index (κ1) is 23.0. The molecule has 0 saturated carbocycles. The van der Waals surface area contributed by atoms with E-state index in [1.165, 1.54) is 70.6 Å². The first-order valence-corrected chi connectivity index (χ1v) is 11.3. The summed E-state index contributed by atoms with van der Waals surface area (Å²) in [5, 5.41) is 5.89. The quantitative estimate of drug-likeness (QED) is 0.389. The second-order valence-corrected chi connectivity index (χ2v) is 7.95. The van der Waals surface area contributed by atoms with Gasteiger partial charge in [0.25, 0.3) is 0 Å². The molecular formula is C22H42N2O2. The van der Waals surface area contributed by atoms with Crippen LogP contribution in [-0.2, 0) is 9.59 Å². The third-order valence-corrected chi connectivity index (χ3v) is 5.36. The third-order valence-electron chi connectivity index (χ3n) is 5.36. The summed E-state index contributed by atoms with van der Waals surface area (Å²) in [5.74, 6) is 0.182. The predicted molar refractivity (Wildman–Crippen MR) is 109 cm³/mol. The molecule has 1 fully saturated rings. The Kier molecular flexibility index (Phi) is 14.3. The second-order valence-electron chi connectivity index (χ2n) is 7.95. The summed E-state index contributed by atoms with van der Waals surface area (Å²) >= 11 is 0. The van der Waals surface area contributed by atoms with Crippen molar-refractivity contribution in [1.29, 1.82) is 0 Å². The molecule has 1 aliphatic rings. The lowest BCUT2D eigenvalue weighted by molar-refractivity contribution is -0.123. The van der Waals surface area contributed by atoms with Gasteiger partial charge in [-0.3, -0.25) is 9.59 Å². The molecule has 0 spiro atoms. The molecule has 0 aromatic heterocycles. The Bertz CT molecular complexity index is 371. The molecule has 0 bridgehead atoms. The molecule has 1 atom stereocenters. The number of carbonyl (C=O) groups excluding carboxylic acids is 2. The highest BCUT2D eigenvalue weighted by Crippen LogP contribution is 2.13. The molecule has 1 unspecified atom stereocenters. The Labute approximate surface area is 161 Å². The van der Waals surface area contributed by atoms with Crippen LogP contribution in [0.5, 0.6) is 0 Å². The summed E-state index contributed by atoms with van der Waals surface area (Å²) in [7, 11) is 0. The molecule has 2 amide bonds. The zero-order valence-electron chi connectivity index (χ0n) is 17.1. The molecule has 1 heterocycles. The number of unbranched alkanes of at least 4 members (excludes halogenated alkanes) is 12. The van der Waals surface area contributed by atoms with Gasteiger partial charge in [0, 0.05) is 25.4 Å². The third kappa shape index (κ3) is 13.2. The van der Waals surface area contributed by atoms with Crippen LogP contribution in [0.2, 0.25) is 0 Å². The number of rotatable bonds is 15. The molecule has 152 valence electrons. The van der Waals surface area contributed by atoms with E-state index in [4.69, 9.17) is 0 Å². The van der Waals surface area contributed by atoms with Crippen molar-refractivity contribution in [3.05, 3.63) is 0 Å². The van der Waals surface area contributed by atoms with Crippen LogP contribution in [0.25, 0.3) is 0 Å². The van der Waals surface area contributed by atoms with E-state index in [0.717, 1.165) is 32.2 Å². The van der Waals surface area contributed by atoms with Crippen molar-refractivity contribution in [1.82, 2.24) is 10.6 Å². The predicted octanol–water partition coefficient (Wildman–Crippen LogP) is 5.25. The molecule has 0 aromatic rings. The summed E-state index contributed by atoms with van der Waals surface area (Å²) in [4.78, 5) is 23.5. The number of carbonyl (C=O) groups is 2. The number of amides is 2. The van der Waals surface area contributed by atoms with Crippen molar-refractivity contribution in [2.75, 3.05) is 6.54 Å². The van der Waals surface area contributed by atoms with Crippen LogP contribution in [0.3, 0.4) is 0 Å². The summed E-state index contributed by atoms with van der Waals surface area (Å²) in [6.07, 6.45) is 20.1. The Morgan fingerprint density at radius 1 is 0.923 bits per heavy atom. The van der Waals surface area contributed by atoms with Gasteiger partial charge in [0.1, 0.15) is 0 Å². The SMILES string of the molecule is CCCCCCCCCCCCCCCC(=O)NC1CCCNC(=O)C1. The fourth-order valence-corrected chi connectivity index (χ4v) is 3.70. The van der Waals surface area contributed by atoms with Gasteiger partial charge in [0.15, 0.2) is 0 Å². The van der Waals surface area contributed by atoms with E-state index in [2.05, 4.69) is 17.6 Å². The maximum Gasteiger partial charge on any atom is 0.222 e. The summed E-state index contributed by atoms with van der Waals surface area (Å²) in [5.41, 5.74) is 0. The van der Waals surface area contributed by atoms with Crippen LogP contribution < -0.4 is 10.6 Å². The number of hydrogen-bond donors (Lipinski definition) is 2. The van der Waals surface area contributed by atoms with E-state index in [-0.39, 0.29) is 17.9 Å². The van der Waals surface area contributed by atoms with E-state index in [9.17, 15) is 9.59 Å². The van der Waals surface area contributed by atoms with Gasteiger partial charge in [0.2, 0.25) is 11.8 Å². The van der Waals surface area contributed by atoms with E-state index in [0.29, 0.717) is 12.8 Å². The fraction of sp³-hybridized carbons (Fsp3) is 0.909. The van der Waals surface area contributed by atoms with Gasteiger partial charge < -0.3 is 10.6 Å². The monoisotopic (exact) mass is 366 g/mol. The standard InChI is InChI=1S/C22H42N2O2/c1-2-3-4-5-6-7-8-9-10-11-12-13-14-17-21(25)24-20-16-15-18-23-22(26)19-20/h20H,2-19H2,1H3,(H,23,26)(H,24,25). The second kappa shape index (κ2) is 16.1. The first-order valence-electron chi connectivity index (χ1n) is 11.3. The van der Waals surface area contributed by atoms with Crippen LogP contribution in [0, 0.1) is 0 Å². The van der Waals surface area contributed by atoms with Crippen molar-refractivity contribution in [3.8, 4) is 0 Å². The molecule has 0 radical (unpaired) electrons. The Balaban J connectivity index is 1.85. The highest BCUT2D eigenvalue weighted by molar-refractivity contribution is 5.79. The molecule has 26 heavy (non-hydrogen) atoms. The minimum atomic E-state index is 0.0342. The first-order chi connectivity index (χ1) is 12.7. The zero-order chi connectivity index (χ0) is 18.9. The van der Waals surface area contributed by atoms with Crippen molar-refractivity contribution < 1.29 is 9.59 Å². The minimum absolute atomic E-state index is 0.0342. The van der Waals surface area contributed by atoms with Crippen LogP contribution in [-0.4, -0.2) is 24.4 Å². The molecule has 0 aliphatic carbocycles. The molecule has 4 nitrogen and oxygen atoms in total. The zero-order valence-corrected chi connectivity index (χ0v) is 17.1. The average Bonchev–Trinajstić information content (AvgIpc) is 2.82. The summed E-state index contributed by atoms with van der Waals surface area (Å²) < 4.78 is 0. The van der Waals surface area contributed by atoms with Gasteiger partial charge in [0.05, 0.1) is 0 Å². The highest BCUT2D eigenvalue weighted by atomic mass is 16.2. The smallest absolute Gasteiger partial charge is 0.222 e. The highest BCUT2D eigenvalue weighted by Gasteiger charge is 2.18. The number of hydrogen-bond acceptors (Lipinski definition) is 2. The molecule has 1 rings (SSSR count). The number of nitrogens with one attached hydrogen (secondary N) is 2. The van der Waals surface area contributed by atoms with Crippen LogP contribution in [0.1, 0.15) is 116 Å². The topological polar surface area (TPSA) is 58.2 Å². The lowest BCUT2D eigenvalue weighted by Crippen LogP contribution is -2.36. The van der Waals surface area contributed by atoms with Gasteiger partial charge in [-0.15, -0.1) is 0 Å². The molecule has 1 aliphatic heterocycles. The van der Waals surface area contributed by atoms with Gasteiger partial charge in [-0.1, -0.05) is 84.0 Å². The van der Waals surface area contributed by atoms with Crippen molar-refractivity contribution in [2.24, 2.45) is 0 Å². The largest absolute Gasteiger partial charge is 0.356 e. The lowest BCUT2D eigenvalue weighted by atomic mass is 10.0. The normalized spacial score (nSPS) is 17.6. The van der Waals surface area contributed by atoms with Crippen LogP contribution in [0.4, 0.5) is 0 Å². The molecule has 2 N–H and O–H groups in total. The fourth-order valence-electron chi connectivity index (χ4n) is 3.70. The Morgan fingerprint density at radius 2 is 1.46 bits per heavy atom. The molecule has 4 heteroatoms.